The van der Waals surface area contributed by atoms with E-state index in [1.54, 1.807) is 24.3 Å². The van der Waals surface area contributed by atoms with Crippen molar-refractivity contribution >= 4 is 34.4 Å². The van der Waals surface area contributed by atoms with E-state index in [-0.39, 0.29) is 16.9 Å². The summed E-state index contributed by atoms with van der Waals surface area (Å²) in [5.74, 6) is 0.207. The number of hydrogen-bond donors (Lipinski definition) is 4. The van der Waals surface area contributed by atoms with Crippen LogP contribution in [0, 0.1) is 5.41 Å². The molecule has 0 bridgehead atoms. The van der Waals surface area contributed by atoms with Gasteiger partial charge in [0.15, 0.2) is 5.78 Å². The number of benzene rings is 2. The Kier molecular flexibility index (Phi) is 4.07. The SMILES string of the molecule is CC1(C)CC(=O)C2=C(C1)Nc1c(O)cccc1NC2c1ccc(N)cc1Cl. The zero-order valence-electron chi connectivity index (χ0n) is 15.3. The van der Waals surface area contributed by atoms with Gasteiger partial charge in [-0.2, -0.15) is 0 Å². The number of Topliss-reactive ketones (excluding diaryl/α,β-unsaturated/α-hetero) is 1. The zero-order chi connectivity index (χ0) is 19.3. The normalized spacial score (nSPS) is 20.9. The maximum atomic E-state index is 13.1. The smallest absolute Gasteiger partial charge is 0.163 e. The van der Waals surface area contributed by atoms with E-state index in [2.05, 4.69) is 24.5 Å². The molecule has 0 saturated carbocycles. The van der Waals surface area contributed by atoms with Gasteiger partial charge in [0.1, 0.15) is 11.4 Å². The number of anilines is 3. The van der Waals surface area contributed by atoms with E-state index in [9.17, 15) is 9.90 Å². The van der Waals surface area contributed by atoms with Crippen molar-refractivity contribution in [1.29, 1.82) is 0 Å². The van der Waals surface area contributed by atoms with Crippen molar-refractivity contribution in [2.24, 2.45) is 5.41 Å². The number of phenols is 1. The molecule has 2 aromatic carbocycles. The highest BCUT2D eigenvalue weighted by Crippen LogP contribution is 2.48. The maximum Gasteiger partial charge on any atom is 0.163 e. The predicted octanol–water partition coefficient (Wildman–Crippen LogP) is 4.85. The Labute approximate surface area is 163 Å². The Bertz CT molecular complexity index is 981. The fourth-order valence-electron chi connectivity index (χ4n) is 3.96. The zero-order valence-corrected chi connectivity index (χ0v) is 16.0. The molecule has 6 heteroatoms. The number of para-hydroxylation sites is 1. The molecule has 27 heavy (non-hydrogen) atoms. The molecule has 1 aliphatic heterocycles. The summed E-state index contributed by atoms with van der Waals surface area (Å²) >= 11 is 6.49. The van der Waals surface area contributed by atoms with Crippen LogP contribution in [0.25, 0.3) is 0 Å². The van der Waals surface area contributed by atoms with Crippen molar-refractivity contribution in [1.82, 2.24) is 0 Å². The minimum Gasteiger partial charge on any atom is -0.506 e. The number of nitrogens with one attached hydrogen (secondary N) is 2. The van der Waals surface area contributed by atoms with Crippen LogP contribution in [-0.2, 0) is 4.79 Å². The van der Waals surface area contributed by atoms with Crippen LogP contribution in [0.15, 0.2) is 47.7 Å². The molecule has 140 valence electrons. The number of fused-ring (bicyclic) bond motifs is 1. The molecule has 0 amide bonds. The molecule has 1 atom stereocenters. The molecule has 2 aromatic rings. The maximum absolute atomic E-state index is 13.1. The summed E-state index contributed by atoms with van der Waals surface area (Å²) in [5.41, 5.74) is 9.81. The van der Waals surface area contributed by atoms with Crippen LogP contribution in [0.3, 0.4) is 0 Å². The molecular weight excluding hydrogens is 362 g/mol. The summed E-state index contributed by atoms with van der Waals surface area (Å²) < 4.78 is 0. The second-order valence-corrected chi connectivity index (χ2v) is 8.42. The van der Waals surface area contributed by atoms with Crippen molar-refractivity contribution < 1.29 is 9.90 Å². The highest BCUT2D eigenvalue weighted by atomic mass is 35.5. The van der Waals surface area contributed by atoms with Gasteiger partial charge in [-0.15, -0.1) is 0 Å². The molecule has 0 spiro atoms. The van der Waals surface area contributed by atoms with Crippen LogP contribution in [-0.4, -0.2) is 10.9 Å². The molecule has 0 aromatic heterocycles. The number of rotatable bonds is 1. The predicted molar refractivity (Wildman–Crippen MR) is 109 cm³/mol. The van der Waals surface area contributed by atoms with Crippen molar-refractivity contribution in [3.63, 3.8) is 0 Å². The Hall–Kier alpha value is -2.66. The number of nitrogen functional groups attached to an aromatic ring is 1. The third-order valence-corrected chi connectivity index (χ3v) is 5.49. The second kappa shape index (κ2) is 6.20. The fraction of sp³-hybridized carbons (Fsp3) is 0.286. The molecular formula is C21H22ClN3O2. The lowest BCUT2D eigenvalue weighted by Gasteiger charge is -2.34. The molecule has 1 heterocycles. The average Bonchev–Trinajstić information content (AvgIpc) is 2.71. The Balaban J connectivity index is 1.93. The van der Waals surface area contributed by atoms with E-state index in [0.29, 0.717) is 40.5 Å². The average molecular weight is 384 g/mol. The van der Waals surface area contributed by atoms with Gasteiger partial charge >= 0.3 is 0 Å². The van der Waals surface area contributed by atoms with Gasteiger partial charge < -0.3 is 21.5 Å². The number of hydrogen-bond acceptors (Lipinski definition) is 5. The van der Waals surface area contributed by atoms with E-state index in [4.69, 9.17) is 17.3 Å². The molecule has 1 aliphatic carbocycles. The second-order valence-electron chi connectivity index (χ2n) is 8.02. The highest BCUT2D eigenvalue weighted by Gasteiger charge is 2.39. The number of halogens is 1. The topological polar surface area (TPSA) is 87.4 Å². The van der Waals surface area contributed by atoms with Crippen molar-refractivity contribution in [3.8, 4) is 5.75 Å². The van der Waals surface area contributed by atoms with E-state index in [1.807, 2.05) is 12.1 Å². The largest absolute Gasteiger partial charge is 0.506 e. The van der Waals surface area contributed by atoms with Gasteiger partial charge in [0.25, 0.3) is 0 Å². The lowest BCUT2D eigenvalue weighted by Crippen LogP contribution is -2.31. The molecule has 2 aliphatic rings. The van der Waals surface area contributed by atoms with E-state index in [1.165, 1.54) is 0 Å². The van der Waals surface area contributed by atoms with Gasteiger partial charge in [0, 0.05) is 28.4 Å². The molecule has 0 radical (unpaired) electrons. The van der Waals surface area contributed by atoms with Crippen molar-refractivity contribution in [3.05, 3.63) is 58.3 Å². The van der Waals surface area contributed by atoms with Gasteiger partial charge in [-0.05, 0) is 41.7 Å². The number of carbonyl (C=O) groups is 1. The first-order chi connectivity index (χ1) is 12.7. The summed E-state index contributed by atoms with van der Waals surface area (Å²) in [5, 5.41) is 17.6. The lowest BCUT2D eigenvalue weighted by molar-refractivity contribution is -0.118. The molecule has 4 rings (SSSR count). The monoisotopic (exact) mass is 383 g/mol. The third-order valence-electron chi connectivity index (χ3n) is 5.16. The van der Waals surface area contributed by atoms with Gasteiger partial charge in [-0.25, -0.2) is 0 Å². The van der Waals surface area contributed by atoms with Crippen molar-refractivity contribution in [2.45, 2.75) is 32.7 Å². The number of phenolic OH excluding ortho intramolecular Hbond substituents is 1. The summed E-state index contributed by atoms with van der Waals surface area (Å²) in [7, 11) is 0. The summed E-state index contributed by atoms with van der Waals surface area (Å²) in [6, 6.07) is 10.2. The highest BCUT2D eigenvalue weighted by molar-refractivity contribution is 6.31. The molecule has 5 nitrogen and oxygen atoms in total. The van der Waals surface area contributed by atoms with Gasteiger partial charge in [-0.1, -0.05) is 37.6 Å². The van der Waals surface area contributed by atoms with Crippen LogP contribution >= 0.6 is 11.6 Å². The summed E-state index contributed by atoms with van der Waals surface area (Å²) in [6.07, 6.45) is 1.16. The van der Waals surface area contributed by atoms with Crippen LogP contribution < -0.4 is 16.4 Å². The minimum atomic E-state index is -0.424. The molecule has 5 N–H and O–H groups in total. The Morgan fingerprint density at radius 2 is 2.00 bits per heavy atom. The fourth-order valence-corrected chi connectivity index (χ4v) is 4.26. The first kappa shape index (κ1) is 17.7. The molecule has 0 saturated heterocycles. The minimum absolute atomic E-state index is 0.0754. The van der Waals surface area contributed by atoms with Gasteiger partial charge in [-0.3, -0.25) is 4.79 Å². The van der Waals surface area contributed by atoms with Crippen molar-refractivity contribution in [2.75, 3.05) is 16.4 Å². The number of aromatic hydroxyl groups is 1. The van der Waals surface area contributed by atoms with Crippen LogP contribution in [0.2, 0.25) is 5.02 Å². The number of ketones is 1. The lowest BCUT2D eigenvalue weighted by atomic mass is 9.73. The standard InChI is InChI=1S/C21H22ClN3O2/c1-21(2)9-15-18(17(27)10-21)19(12-7-6-11(23)8-13(12)22)24-14-4-3-5-16(26)20(14)25-15/h3-8,19,24-26H,9-10,23H2,1-2H3. The molecule has 0 fully saturated rings. The van der Waals surface area contributed by atoms with Gasteiger partial charge in [0.2, 0.25) is 0 Å². The molecule has 1 unspecified atom stereocenters. The van der Waals surface area contributed by atoms with Gasteiger partial charge in [0.05, 0.1) is 11.7 Å². The van der Waals surface area contributed by atoms with Crippen LogP contribution in [0.1, 0.15) is 38.3 Å². The van der Waals surface area contributed by atoms with Crippen LogP contribution in [0.5, 0.6) is 5.75 Å². The van der Waals surface area contributed by atoms with E-state index in [0.717, 1.165) is 11.3 Å². The number of allylic oxidation sites excluding steroid dienone is 1. The Morgan fingerprint density at radius 1 is 1.22 bits per heavy atom. The quantitative estimate of drug-likeness (QED) is 0.417. The summed E-state index contributed by atoms with van der Waals surface area (Å²) in [6.45, 7) is 4.15. The Morgan fingerprint density at radius 3 is 2.74 bits per heavy atom. The first-order valence-electron chi connectivity index (χ1n) is 8.92. The van der Waals surface area contributed by atoms with E-state index < -0.39 is 6.04 Å². The number of nitrogens with two attached hydrogens (primary N) is 1. The first-order valence-corrected chi connectivity index (χ1v) is 9.30. The van der Waals surface area contributed by atoms with E-state index >= 15 is 0 Å². The summed E-state index contributed by atoms with van der Waals surface area (Å²) in [4.78, 5) is 13.1. The van der Waals surface area contributed by atoms with Crippen LogP contribution in [0.4, 0.5) is 17.1 Å². The third kappa shape index (κ3) is 3.12. The number of carbonyl (C=O) groups excluding carboxylic acids is 1.